The molecular weight excluding hydrogens is 192 g/mol. The molecule has 0 bridgehead atoms. The van der Waals surface area contributed by atoms with Crippen molar-refractivity contribution in [1.82, 2.24) is 0 Å². The third kappa shape index (κ3) is 4.00. The predicted octanol–water partition coefficient (Wildman–Crippen LogP) is 4.94. The molecule has 1 aromatic carbocycles. The summed E-state index contributed by atoms with van der Waals surface area (Å²) in [5, 5.41) is 0. The van der Waals surface area contributed by atoms with Crippen molar-refractivity contribution >= 4 is 0 Å². The Kier molecular flexibility index (Phi) is 5.59. The van der Waals surface area contributed by atoms with Crippen LogP contribution in [0.1, 0.15) is 54.4 Å². The highest BCUT2D eigenvalue weighted by Gasteiger charge is 2.00. The monoisotopic (exact) mass is 217 g/mol. The number of hydrogen-bond donors (Lipinski definition) is 0. The molecule has 0 aliphatic heterocycles. The molecule has 0 aliphatic rings. The minimum absolute atomic E-state index is 1.09. The first-order valence-electron chi connectivity index (χ1n) is 6.51. The summed E-state index contributed by atoms with van der Waals surface area (Å²) < 4.78 is 0. The summed E-state index contributed by atoms with van der Waals surface area (Å²) >= 11 is 0. The molecule has 16 heavy (non-hydrogen) atoms. The first kappa shape index (κ1) is 13.3. The molecule has 0 saturated heterocycles. The third-order valence-electron chi connectivity index (χ3n) is 3.45. The number of benzene rings is 1. The minimum Gasteiger partial charge on any atom is -0.0558 e. The van der Waals surface area contributed by atoms with Crippen molar-refractivity contribution < 1.29 is 0 Å². The van der Waals surface area contributed by atoms with E-state index in [0.29, 0.717) is 0 Å². The van der Waals surface area contributed by atoms with Gasteiger partial charge < -0.3 is 0 Å². The second kappa shape index (κ2) is 6.73. The third-order valence-corrected chi connectivity index (χ3v) is 3.45. The van der Waals surface area contributed by atoms with E-state index in [-0.39, 0.29) is 0 Å². The zero-order chi connectivity index (χ0) is 12.0. The fourth-order valence-electron chi connectivity index (χ4n) is 2.13. The summed E-state index contributed by atoms with van der Waals surface area (Å²) in [6, 6.07) is 4.70. The van der Waals surface area contributed by atoms with Crippen LogP contribution in [0, 0.1) is 27.7 Å². The lowest BCUT2D eigenvalue weighted by molar-refractivity contribution is 0.645. The highest BCUT2D eigenvalue weighted by atomic mass is 14.1. The van der Waals surface area contributed by atoms with Crippen LogP contribution >= 0.6 is 0 Å². The quantitative estimate of drug-likeness (QED) is 0.592. The fourth-order valence-corrected chi connectivity index (χ4v) is 2.13. The van der Waals surface area contributed by atoms with Gasteiger partial charge in [0.2, 0.25) is 0 Å². The second-order valence-corrected chi connectivity index (χ2v) is 4.87. The van der Waals surface area contributed by atoms with Crippen molar-refractivity contribution in [2.75, 3.05) is 0 Å². The van der Waals surface area contributed by atoms with Gasteiger partial charge in [0.25, 0.3) is 0 Å². The summed E-state index contributed by atoms with van der Waals surface area (Å²) in [4.78, 5) is 0. The lowest BCUT2D eigenvalue weighted by Gasteiger charge is -2.09. The summed E-state index contributed by atoms with van der Waals surface area (Å²) in [6.07, 6.45) is 7.62. The van der Waals surface area contributed by atoms with Gasteiger partial charge >= 0.3 is 0 Å². The minimum atomic E-state index is 1.09. The van der Waals surface area contributed by atoms with Crippen LogP contribution < -0.4 is 0 Å². The van der Waals surface area contributed by atoms with E-state index in [9.17, 15) is 0 Å². The van der Waals surface area contributed by atoms with E-state index < -0.39 is 0 Å². The van der Waals surface area contributed by atoms with Crippen LogP contribution in [0.5, 0.6) is 0 Å². The van der Waals surface area contributed by atoms with Gasteiger partial charge in [0.15, 0.2) is 0 Å². The zero-order valence-corrected chi connectivity index (χ0v) is 11.1. The number of aryl methyl sites for hydroxylation is 3. The van der Waals surface area contributed by atoms with Crippen molar-refractivity contribution in [3.05, 3.63) is 41.3 Å². The maximum absolute atomic E-state index is 3.87. The predicted molar refractivity (Wildman–Crippen MR) is 72.8 cm³/mol. The highest BCUT2D eigenvalue weighted by molar-refractivity contribution is 5.36. The molecule has 0 N–H and O–H groups in total. The molecule has 0 fully saturated rings. The molecule has 0 aliphatic carbocycles. The summed E-state index contributed by atoms with van der Waals surface area (Å²) in [5.74, 6) is 0. The molecule has 0 unspecified atom stereocenters. The van der Waals surface area contributed by atoms with Crippen LogP contribution in [0.4, 0.5) is 0 Å². The van der Waals surface area contributed by atoms with E-state index >= 15 is 0 Å². The number of hydrogen-bond acceptors (Lipinski definition) is 0. The molecule has 0 atom stereocenters. The van der Waals surface area contributed by atoms with Gasteiger partial charge in [-0.1, -0.05) is 44.7 Å². The summed E-state index contributed by atoms with van der Waals surface area (Å²) in [7, 11) is 0. The standard InChI is InChI=1S/C16H25/c1-5-6-7-8-9-10-16-11-13(2)15(4)14(3)12-16/h11-12H,1,5-10H2,2-4H3. The van der Waals surface area contributed by atoms with Gasteiger partial charge in [-0.25, -0.2) is 0 Å². The molecular formula is C16H25. The van der Waals surface area contributed by atoms with Crippen LogP contribution in [0.2, 0.25) is 0 Å². The topological polar surface area (TPSA) is 0 Å². The van der Waals surface area contributed by atoms with Gasteiger partial charge in [-0.3, -0.25) is 0 Å². The Labute approximate surface area is 101 Å². The van der Waals surface area contributed by atoms with E-state index in [1.807, 2.05) is 0 Å². The Morgan fingerprint density at radius 1 is 0.875 bits per heavy atom. The van der Waals surface area contributed by atoms with Crippen molar-refractivity contribution in [2.45, 2.75) is 59.3 Å². The van der Waals surface area contributed by atoms with E-state index in [4.69, 9.17) is 0 Å². The van der Waals surface area contributed by atoms with E-state index in [2.05, 4.69) is 39.8 Å². The molecule has 1 radical (unpaired) electrons. The van der Waals surface area contributed by atoms with Crippen LogP contribution in [0.25, 0.3) is 0 Å². The Morgan fingerprint density at radius 3 is 2.00 bits per heavy atom. The van der Waals surface area contributed by atoms with Crippen molar-refractivity contribution in [3.8, 4) is 0 Å². The first-order valence-corrected chi connectivity index (χ1v) is 6.51. The largest absolute Gasteiger partial charge is 0.0558 e. The molecule has 0 aromatic heterocycles. The van der Waals surface area contributed by atoms with Gasteiger partial charge in [0.1, 0.15) is 0 Å². The Hall–Kier alpha value is -0.780. The van der Waals surface area contributed by atoms with Gasteiger partial charge in [-0.05, 0) is 55.9 Å². The van der Waals surface area contributed by atoms with Crippen LogP contribution in [0.3, 0.4) is 0 Å². The van der Waals surface area contributed by atoms with Crippen molar-refractivity contribution in [1.29, 1.82) is 0 Å². The molecule has 0 spiro atoms. The summed E-state index contributed by atoms with van der Waals surface area (Å²) in [5.41, 5.74) is 5.83. The zero-order valence-electron chi connectivity index (χ0n) is 11.1. The van der Waals surface area contributed by atoms with E-state index in [1.54, 1.807) is 0 Å². The Balaban J connectivity index is 2.43. The second-order valence-electron chi connectivity index (χ2n) is 4.87. The number of unbranched alkanes of at least 4 members (excludes halogenated alkanes) is 4. The molecule has 0 nitrogen and oxygen atoms in total. The van der Waals surface area contributed by atoms with E-state index in [0.717, 1.165) is 6.42 Å². The lowest BCUT2D eigenvalue weighted by Crippen LogP contribution is -1.92. The molecule has 1 aromatic rings. The van der Waals surface area contributed by atoms with E-state index in [1.165, 1.54) is 54.4 Å². The Bertz CT molecular complexity index is 300. The maximum atomic E-state index is 3.87. The number of rotatable bonds is 6. The fraction of sp³-hybridized carbons (Fsp3) is 0.562. The van der Waals surface area contributed by atoms with Crippen LogP contribution in [-0.2, 0) is 6.42 Å². The van der Waals surface area contributed by atoms with Gasteiger partial charge in [0, 0.05) is 0 Å². The molecule has 0 heterocycles. The smallest absolute Gasteiger partial charge is 0.0279 e. The van der Waals surface area contributed by atoms with Crippen LogP contribution in [-0.4, -0.2) is 0 Å². The highest BCUT2D eigenvalue weighted by Crippen LogP contribution is 2.17. The Morgan fingerprint density at radius 2 is 1.44 bits per heavy atom. The molecule has 0 amide bonds. The normalized spacial score (nSPS) is 10.8. The molecule has 1 rings (SSSR count). The van der Waals surface area contributed by atoms with Gasteiger partial charge in [-0.15, -0.1) is 0 Å². The SMILES string of the molecule is [CH2]CCCCCCc1cc(C)c(C)c(C)c1. The first-order chi connectivity index (χ1) is 7.65. The lowest BCUT2D eigenvalue weighted by atomic mass is 9.97. The molecule has 0 heteroatoms. The van der Waals surface area contributed by atoms with Gasteiger partial charge in [0.05, 0.1) is 0 Å². The van der Waals surface area contributed by atoms with Crippen molar-refractivity contribution in [3.63, 3.8) is 0 Å². The molecule has 0 saturated carbocycles. The van der Waals surface area contributed by atoms with Gasteiger partial charge in [-0.2, -0.15) is 0 Å². The van der Waals surface area contributed by atoms with Crippen molar-refractivity contribution in [2.24, 2.45) is 0 Å². The average Bonchev–Trinajstić information content (AvgIpc) is 2.25. The maximum Gasteiger partial charge on any atom is -0.0279 e. The summed E-state index contributed by atoms with van der Waals surface area (Å²) in [6.45, 7) is 10.5. The average molecular weight is 217 g/mol. The molecule has 89 valence electrons. The van der Waals surface area contributed by atoms with Crippen LogP contribution in [0.15, 0.2) is 12.1 Å².